The molecule has 0 saturated carbocycles. The molecule has 138 valence electrons. The summed E-state index contributed by atoms with van der Waals surface area (Å²) in [4.78, 5) is 13.4. The summed E-state index contributed by atoms with van der Waals surface area (Å²) in [6.07, 6.45) is 5.22. The van der Waals surface area contributed by atoms with Crippen LogP contribution in [-0.2, 0) is 0 Å². The van der Waals surface area contributed by atoms with E-state index in [1.165, 1.54) is 12.1 Å². The maximum atomic E-state index is 13.4. The Labute approximate surface area is 163 Å². The van der Waals surface area contributed by atoms with E-state index in [2.05, 4.69) is 15.3 Å². The molecule has 0 aliphatic heterocycles. The molecule has 0 saturated heterocycles. The van der Waals surface area contributed by atoms with Gasteiger partial charge in [0.2, 0.25) is 5.95 Å². The van der Waals surface area contributed by atoms with Gasteiger partial charge in [-0.25, -0.2) is 14.4 Å². The fraction of sp³-hybridized carbons (Fsp3) is 0.0870. The highest BCUT2D eigenvalue weighted by atomic mass is 19.1. The van der Waals surface area contributed by atoms with Crippen LogP contribution in [0.4, 0.5) is 16.0 Å². The van der Waals surface area contributed by atoms with Crippen LogP contribution in [0.15, 0.2) is 73.2 Å². The van der Waals surface area contributed by atoms with Gasteiger partial charge in [0.15, 0.2) is 0 Å². The second-order valence-corrected chi connectivity index (χ2v) is 6.59. The standard InChI is InChI=1S/C23H19FN4/c1-15-4-3-5-16(2)21(15)27-23-26-14-20(17-6-8-19(24)9-7-17)22(28-23)18-10-12-25-13-11-18/h3-14H,1-2H3,(H,26,27,28). The highest BCUT2D eigenvalue weighted by Gasteiger charge is 2.13. The van der Waals surface area contributed by atoms with Gasteiger partial charge >= 0.3 is 0 Å². The van der Waals surface area contributed by atoms with Gasteiger partial charge in [-0.3, -0.25) is 4.98 Å². The molecule has 28 heavy (non-hydrogen) atoms. The van der Waals surface area contributed by atoms with Gasteiger partial charge in [-0.2, -0.15) is 0 Å². The minimum Gasteiger partial charge on any atom is -0.324 e. The first kappa shape index (κ1) is 17.8. The molecule has 0 bridgehead atoms. The van der Waals surface area contributed by atoms with Gasteiger partial charge < -0.3 is 5.32 Å². The first-order chi connectivity index (χ1) is 13.6. The molecule has 1 N–H and O–H groups in total. The predicted octanol–water partition coefficient (Wildman–Crippen LogP) is 5.71. The number of rotatable bonds is 4. The van der Waals surface area contributed by atoms with Gasteiger partial charge in [0.25, 0.3) is 0 Å². The third-order valence-corrected chi connectivity index (χ3v) is 4.62. The molecule has 2 aromatic carbocycles. The van der Waals surface area contributed by atoms with Gasteiger partial charge in [0.1, 0.15) is 5.82 Å². The molecule has 0 unspecified atom stereocenters. The molecule has 4 rings (SSSR count). The number of halogens is 1. The molecule has 0 spiro atoms. The molecule has 0 radical (unpaired) electrons. The lowest BCUT2D eigenvalue weighted by atomic mass is 10.0. The molecular formula is C23H19FN4. The van der Waals surface area contributed by atoms with Crippen LogP contribution in [-0.4, -0.2) is 15.0 Å². The SMILES string of the molecule is Cc1cccc(C)c1Nc1ncc(-c2ccc(F)cc2)c(-c2ccncc2)n1. The van der Waals surface area contributed by atoms with Crippen molar-refractivity contribution in [1.82, 2.24) is 15.0 Å². The van der Waals surface area contributed by atoms with E-state index in [0.717, 1.165) is 39.2 Å². The second-order valence-electron chi connectivity index (χ2n) is 6.59. The summed E-state index contributed by atoms with van der Waals surface area (Å²) in [5.74, 6) is 0.235. The van der Waals surface area contributed by atoms with Crippen LogP contribution >= 0.6 is 0 Å². The predicted molar refractivity (Wildman–Crippen MR) is 110 cm³/mol. The monoisotopic (exact) mass is 370 g/mol. The number of hydrogen-bond donors (Lipinski definition) is 1. The van der Waals surface area contributed by atoms with Crippen molar-refractivity contribution in [2.75, 3.05) is 5.32 Å². The topological polar surface area (TPSA) is 50.7 Å². The van der Waals surface area contributed by atoms with Crippen LogP contribution in [0.2, 0.25) is 0 Å². The number of anilines is 2. The van der Waals surface area contributed by atoms with Crippen molar-refractivity contribution in [2.24, 2.45) is 0 Å². The molecule has 0 aliphatic carbocycles. The molecule has 0 fully saturated rings. The Morgan fingerprint density at radius 3 is 2.18 bits per heavy atom. The van der Waals surface area contributed by atoms with Crippen molar-refractivity contribution in [3.05, 3.63) is 90.1 Å². The minimum absolute atomic E-state index is 0.275. The second kappa shape index (κ2) is 7.56. The quantitative estimate of drug-likeness (QED) is 0.500. The Balaban J connectivity index is 1.82. The minimum atomic E-state index is -0.275. The van der Waals surface area contributed by atoms with Gasteiger partial charge in [0, 0.05) is 35.4 Å². The molecule has 4 aromatic rings. The first-order valence-electron chi connectivity index (χ1n) is 8.98. The molecule has 0 amide bonds. The van der Waals surface area contributed by atoms with E-state index in [-0.39, 0.29) is 5.82 Å². The van der Waals surface area contributed by atoms with E-state index in [9.17, 15) is 4.39 Å². The molecule has 2 aromatic heterocycles. The Hall–Kier alpha value is -3.60. The van der Waals surface area contributed by atoms with E-state index in [1.54, 1.807) is 30.7 Å². The van der Waals surface area contributed by atoms with E-state index in [0.29, 0.717) is 5.95 Å². The van der Waals surface area contributed by atoms with Crippen molar-refractivity contribution < 1.29 is 4.39 Å². The van der Waals surface area contributed by atoms with E-state index < -0.39 is 0 Å². The van der Waals surface area contributed by atoms with Crippen molar-refractivity contribution in [1.29, 1.82) is 0 Å². The number of para-hydroxylation sites is 1. The number of benzene rings is 2. The lowest BCUT2D eigenvalue weighted by Crippen LogP contribution is -2.02. The molecular weight excluding hydrogens is 351 g/mol. The molecule has 5 heteroatoms. The van der Waals surface area contributed by atoms with Crippen molar-refractivity contribution in [3.63, 3.8) is 0 Å². The zero-order chi connectivity index (χ0) is 19.5. The summed E-state index contributed by atoms with van der Waals surface area (Å²) in [6.45, 7) is 4.10. The van der Waals surface area contributed by atoms with Gasteiger partial charge in [-0.05, 0) is 54.8 Å². The Morgan fingerprint density at radius 2 is 1.50 bits per heavy atom. The summed E-state index contributed by atoms with van der Waals surface area (Å²) in [5.41, 5.74) is 6.61. The maximum Gasteiger partial charge on any atom is 0.227 e. The fourth-order valence-corrected chi connectivity index (χ4v) is 3.14. The van der Waals surface area contributed by atoms with E-state index in [4.69, 9.17) is 4.98 Å². The summed E-state index contributed by atoms with van der Waals surface area (Å²) >= 11 is 0. The van der Waals surface area contributed by atoms with Crippen molar-refractivity contribution >= 4 is 11.6 Å². The zero-order valence-electron chi connectivity index (χ0n) is 15.6. The summed E-state index contributed by atoms with van der Waals surface area (Å²) in [7, 11) is 0. The van der Waals surface area contributed by atoms with Crippen molar-refractivity contribution in [3.8, 4) is 22.4 Å². The molecule has 0 aliphatic rings. The third kappa shape index (κ3) is 3.60. The zero-order valence-corrected chi connectivity index (χ0v) is 15.6. The third-order valence-electron chi connectivity index (χ3n) is 4.62. The number of nitrogens with zero attached hydrogens (tertiary/aromatic N) is 3. The number of pyridine rings is 1. The Bertz CT molecular complexity index is 1090. The Kier molecular flexibility index (Phi) is 4.81. The van der Waals surface area contributed by atoms with Crippen molar-refractivity contribution in [2.45, 2.75) is 13.8 Å². The number of hydrogen-bond acceptors (Lipinski definition) is 4. The first-order valence-corrected chi connectivity index (χ1v) is 8.98. The average Bonchev–Trinajstić information content (AvgIpc) is 2.72. The van der Waals surface area contributed by atoms with Gasteiger partial charge in [-0.15, -0.1) is 0 Å². The summed E-state index contributed by atoms with van der Waals surface area (Å²) in [5, 5.41) is 3.34. The molecule has 4 nitrogen and oxygen atoms in total. The number of aryl methyl sites for hydroxylation is 2. The van der Waals surface area contributed by atoms with Crippen LogP contribution < -0.4 is 5.32 Å². The molecule has 0 atom stereocenters. The number of nitrogens with one attached hydrogen (secondary N) is 1. The van der Waals surface area contributed by atoms with Crippen LogP contribution in [0.25, 0.3) is 22.4 Å². The highest BCUT2D eigenvalue weighted by Crippen LogP contribution is 2.32. The largest absolute Gasteiger partial charge is 0.324 e. The van der Waals surface area contributed by atoms with Crippen LogP contribution in [0.5, 0.6) is 0 Å². The van der Waals surface area contributed by atoms with Crippen LogP contribution in [0.3, 0.4) is 0 Å². The fourth-order valence-electron chi connectivity index (χ4n) is 3.14. The average molecular weight is 370 g/mol. The number of aromatic nitrogens is 3. The van der Waals surface area contributed by atoms with Crippen LogP contribution in [0, 0.1) is 19.7 Å². The summed E-state index contributed by atoms with van der Waals surface area (Å²) < 4.78 is 13.4. The van der Waals surface area contributed by atoms with E-state index >= 15 is 0 Å². The normalized spacial score (nSPS) is 10.7. The highest BCUT2D eigenvalue weighted by molar-refractivity contribution is 5.81. The van der Waals surface area contributed by atoms with Gasteiger partial charge in [-0.1, -0.05) is 30.3 Å². The summed E-state index contributed by atoms with van der Waals surface area (Å²) in [6, 6.07) is 16.3. The lowest BCUT2D eigenvalue weighted by Gasteiger charge is -2.14. The lowest BCUT2D eigenvalue weighted by molar-refractivity contribution is 0.628. The Morgan fingerprint density at radius 1 is 0.821 bits per heavy atom. The van der Waals surface area contributed by atoms with Gasteiger partial charge in [0.05, 0.1) is 5.69 Å². The molecule has 2 heterocycles. The smallest absolute Gasteiger partial charge is 0.227 e. The van der Waals surface area contributed by atoms with Crippen LogP contribution in [0.1, 0.15) is 11.1 Å². The maximum absolute atomic E-state index is 13.4. The van der Waals surface area contributed by atoms with E-state index in [1.807, 2.05) is 44.2 Å².